The van der Waals surface area contributed by atoms with Crippen molar-refractivity contribution in [2.45, 2.75) is 19.8 Å². The molecule has 13 heavy (non-hydrogen) atoms. The van der Waals surface area contributed by atoms with Crippen LogP contribution in [-0.2, 0) is 6.42 Å². The maximum absolute atomic E-state index is 5.11. The van der Waals surface area contributed by atoms with Gasteiger partial charge in [-0.2, -0.15) is 4.98 Å². The van der Waals surface area contributed by atoms with Gasteiger partial charge in [-0.05, 0) is 18.6 Å². The zero-order chi connectivity index (χ0) is 9.10. The Morgan fingerprint density at radius 3 is 3.08 bits per heavy atom. The third kappa shape index (κ3) is 1.61. The molecule has 0 fully saturated rings. The van der Waals surface area contributed by atoms with Gasteiger partial charge in [-0.25, -0.2) is 0 Å². The topological polar surface area (TPSA) is 52.1 Å². The summed E-state index contributed by atoms with van der Waals surface area (Å²) in [6, 6.07) is 3.59. The molecule has 0 amide bonds. The maximum atomic E-state index is 5.11. The molecule has 0 unspecified atom stereocenters. The highest BCUT2D eigenvalue weighted by Gasteiger charge is 2.09. The fourth-order valence-corrected chi connectivity index (χ4v) is 1.08. The molecule has 0 aliphatic rings. The Morgan fingerprint density at radius 2 is 2.38 bits per heavy atom. The third-order valence-corrected chi connectivity index (χ3v) is 1.67. The predicted molar refractivity (Wildman–Crippen MR) is 46.0 cm³/mol. The monoisotopic (exact) mass is 178 g/mol. The second-order valence-electron chi connectivity index (χ2n) is 2.74. The summed E-state index contributed by atoms with van der Waals surface area (Å²) in [4.78, 5) is 4.17. The molecule has 0 aliphatic carbocycles. The van der Waals surface area contributed by atoms with Crippen molar-refractivity contribution >= 4 is 0 Å². The van der Waals surface area contributed by atoms with Crippen molar-refractivity contribution in [1.82, 2.24) is 10.1 Å². The van der Waals surface area contributed by atoms with Crippen LogP contribution in [0.5, 0.6) is 0 Å². The lowest BCUT2D eigenvalue weighted by atomic mass is 10.3. The highest BCUT2D eigenvalue weighted by atomic mass is 16.5. The molecular formula is C9H10N2O2. The lowest BCUT2D eigenvalue weighted by Gasteiger charge is -1.83. The lowest BCUT2D eigenvalue weighted by molar-refractivity contribution is 0.408. The third-order valence-electron chi connectivity index (χ3n) is 1.67. The van der Waals surface area contributed by atoms with Gasteiger partial charge in [0.1, 0.15) is 0 Å². The van der Waals surface area contributed by atoms with E-state index < -0.39 is 0 Å². The molecule has 2 rings (SSSR count). The summed E-state index contributed by atoms with van der Waals surface area (Å²) in [7, 11) is 0. The largest absolute Gasteiger partial charge is 0.459 e. The first-order valence-electron chi connectivity index (χ1n) is 4.26. The van der Waals surface area contributed by atoms with Crippen LogP contribution in [-0.4, -0.2) is 10.1 Å². The fourth-order valence-electron chi connectivity index (χ4n) is 1.08. The summed E-state index contributed by atoms with van der Waals surface area (Å²) in [5.74, 6) is 1.80. The Balaban J connectivity index is 2.23. The summed E-state index contributed by atoms with van der Waals surface area (Å²) < 4.78 is 10.1. The highest BCUT2D eigenvalue weighted by Crippen LogP contribution is 2.17. The van der Waals surface area contributed by atoms with E-state index in [1.807, 2.05) is 0 Å². The van der Waals surface area contributed by atoms with Gasteiger partial charge in [0.15, 0.2) is 11.6 Å². The van der Waals surface area contributed by atoms with Gasteiger partial charge < -0.3 is 8.94 Å². The molecular weight excluding hydrogens is 168 g/mol. The van der Waals surface area contributed by atoms with Crippen molar-refractivity contribution in [1.29, 1.82) is 0 Å². The molecule has 0 aliphatic heterocycles. The molecule has 4 nitrogen and oxygen atoms in total. The van der Waals surface area contributed by atoms with Crippen LogP contribution in [0.15, 0.2) is 27.3 Å². The Morgan fingerprint density at radius 1 is 1.46 bits per heavy atom. The molecule has 0 saturated heterocycles. The molecule has 0 aromatic carbocycles. The predicted octanol–water partition coefficient (Wildman–Crippen LogP) is 2.28. The number of nitrogens with zero attached hydrogens (tertiary/aromatic N) is 2. The molecule has 2 aromatic heterocycles. The number of aryl methyl sites for hydroxylation is 1. The SMILES string of the molecule is CCCc1noc(-c2ccco2)n1. The van der Waals surface area contributed by atoms with Gasteiger partial charge in [0.25, 0.3) is 5.89 Å². The van der Waals surface area contributed by atoms with E-state index in [-0.39, 0.29) is 0 Å². The molecule has 0 spiro atoms. The number of hydrogen-bond donors (Lipinski definition) is 0. The minimum atomic E-state index is 0.452. The van der Waals surface area contributed by atoms with Gasteiger partial charge in [-0.3, -0.25) is 0 Å². The van der Waals surface area contributed by atoms with Gasteiger partial charge in [-0.1, -0.05) is 12.1 Å². The van der Waals surface area contributed by atoms with Gasteiger partial charge in [0.05, 0.1) is 6.26 Å². The van der Waals surface area contributed by atoms with E-state index in [2.05, 4.69) is 17.1 Å². The summed E-state index contributed by atoms with van der Waals surface area (Å²) in [6.07, 6.45) is 3.43. The number of rotatable bonds is 3. The minimum Gasteiger partial charge on any atom is -0.459 e. The molecule has 0 bridgehead atoms. The minimum absolute atomic E-state index is 0.452. The first-order chi connectivity index (χ1) is 6.40. The smallest absolute Gasteiger partial charge is 0.293 e. The number of aromatic nitrogens is 2. The van der Waals surface area contributed by atoms with E-state index >= 15 is 0 Å². The van der Waals surface area contributed by atoms with E-state index in [1.165, 1.54) is 0 Å². The second kappa shape index (κ2) is 3.43. The lowest BCUT2D eigenvalue weighted by Crippen LogP contribution is -1.84. The van der Waals surface area contributed by atoms with Crippen molar-refractivity contribution in [2.75, 3.05) is 0 Å². The quantitative estimate of drug-likeness (QED) is 0.723. The first kappa shape index (κ1) is 8.04. The van der Waals surface area contributed by atoms with Crippen LogP contribution in [0, 0.1) is 0 Å². The first-order valence-corrected chi connectivity index (χ1v) is 4.26. The molecule has 0 atom stereocenters. The van der Waals surface area contributed by atoms with Gasteiger partial charge in [0, 0.05) is 6.42 Å². The normalized spacial score (nSPS) is 10.5. The summed E-state index contributed by atoms with van der Waals surface area (Å²) in [5, 5.41) is 3.82. The van der Waals surface area contributed by atoms with E-state index in [9.17, 15) is 0 Å². The van der Waals surface area contributed by atoms with Crippen LogP contribution in [0.25, 0.3) is 11.7 Å². The molecule has 68 valence electrons. The zero-order valence-electron chi connectivity index (χ0n) is 7.36. The van der Waals surface area contributed by atoms with Crippen molar-refractivity contribution in [2.24, 2.45) is 0 Å². The average molecular weight is 178 g/mol. The Hall–Kier alpha value is -1.58. The highest BCUT2D eigenvalue weighted by molar-refractivity contribution is 5.42. The molecule has 4 heteroatoms. The van der Waals surface area contributed by atoms with Crippen LogP contribution in [0.4, 0.5) is 0 Å². The fraction of sp³-hybridized carbons (Fsp3) is 0.333. The molecule has 0 saturated carbocycles. The molecule has 2 aromatic rings. The Kier molecular flexibility index (Phi) is 2.12. The number of furan rings is 1. The Labute approximate surface area is 75.6 Å². The van der Waals surface area contributed by atoms with E-state index in [0.29, 0.717) is 11.7 Å². The Bertz CT molecular complexity index is 365. The van der Waals surface area contributed by atoms with Crippen LogP contribution >= 0.6 is 0 Å². The van der Waals surface area contributed by atoms with Crippen molar-refractivity contribution < 1.29 is 8.94 Å². The van der Waals surface area contributed by atoms with Crippen LogP contribution in [0.1, 0.15) is 19.2 Å². The average Bonchev–Trinajstić information content (AvgIpc) is 2.70. The van der Waals surface area contributed by atoms with Crippen molar-refractivity contribution in [3.05, 3.63) is 24.2 Å². The second-order valence-corrected chi connectivity index (χ2v) is 2.74. The molecule has 0 radical (unpaired) electrons. The summed E-state index contributed by atoms with van der Waals surface area (Å²) in [6.45, 7) is 2.07. The summed E-state index contributed by atoms with van der Waals surface area (Å²) >= 11 is 0. The number of hydrogen-bond acceptors (Lipinski definition) is 4. The van der Waals surface area contributed by atoms with E-state index in [1.54, 1.807) is 18.4 Å². The van der Waals surface area contributed by atoms with Crippen LogP contribution in [0.2, 0.25) is 0 Å². The van der Waals surface area contributed by atoms with Crippen LogP contribution in [0.3, 0.4) is 0 Å². The zero-order valence-corrected chi connectivity index (χ0v) is 7.36. The van der Waals surface area contributed by atoms with Crippen molar-refractivity contribution in [3.63, 3.8) is 0 Å². The molecule has 0 N–H and O–H groups in total. The van der Waals surface area contributed by atoms with Gasteiger partial charge in [-0.15, -0.1) is 0 Å². The summed E-state index contributed by atoms with van der Waals surface area (Å²) in [5.41, 5.74) is 0. The van der Waals surface area contributed by atoms with Gasteiger partial charge in [0.2, 0.25) is 0 Å². The van der Waals surface area contributed by atoms with Gasteiger partial charge >= 0.3 is 0 Å². The van der Waals surface area contributed by atoms with Crippen LogP contribution < -0.4 is 0 Å². The standard InChI is InChI=1S/C9H10N2O2/c1-2-4-8-10-9(13-11-8)7-5-3-6-12-7/h3,5-6H,2,4H2,1H3. The maximum Gasteiger partial charge on any atom is 0.293 e. The van der Waals surface area contributed by atoms with E-state index in [4.69, 9.17) is 8.94 Å². The van der Waals surface area contributed by atoms with E-state index in [0.717, 1.165) is 18.7 Å². The molecule has 2 heterocycles. The van der Waals surface area contributed by atoms with Crippen molar-refractivity contribution in [3.8, 4) is 11.7 Å².